The van der Waals surface area contributed by atoms with Crippen LogP contribution in [0.15, 0.2) is 0 Å². The molecule has 1 amide bonds. The second-order valence-electron chi connectivity index (χ2n) is 4.68. The Morgan fingerprint density at radius 2 is 1.82 bits per heavy atom. The van der Waals surface area contributed by atoms with Crippen molar-refractivity contribution in [2.24, 2.45) is 5.92 Å². The average Bonchev–Trinajstić information content (AvgIpc) is 3.13. The summed E-state index contributed by atoms with van der Waals surface area (Å²) in [5, 5.41) is 2.61. The molecule has 2 rings (SSSR count). The lowest BCUT2D eigenvalue weighted by Gasteiger charge is -2.31. The highest BCUT2D eigenvalue weighted by Gasteiger charge is 2.33. The van der Waals surface area contributed by atoms with Crippen LogP contribution in [0, 0.1) is 5.92 Å². The molecule has 0 aromatic carbocycles. The summed E-state index contributed by atoms with van der Waals surface area (Å²) in [5.41, 5.74) is 0. The predicted molar refractivity (Wildman–Crippen MR) is 65.1 cm³/mol. The molecule has 0 unspecified atom stereocenters. The van der Waals surface area contributed by atoms with Crippen LogP contribution in [-0.2, 0) is 14.8 Å². The van der Waals surface area contributed by atoms with Gasteiger partial charge in [0.1, 0.15) is 5.21 Å². The standard InChI is InChI=1S/C10H17ClN2O3S/c11-7-17(15,16)13-5-3-9(4-6-13)12-10(14)8-1-2-8/h8-9H,1-7H2,(H,12,14). The van der Waals surface area contributed by atoms with Gasteiger partial charge < -0.3 is 5.32 Å². The molecular formula is C10H17ClN2O3S. The molecule has 1 aliphatic carbocycles. The first-order chi connectivity index (χ1) is 8.03. The molecule has 0 aromatic heterocycles. The summed E-state index contributed by atoms with van der Waals surface area (Å²) in [4.78, 5) is 11.5. The Bertz CT molecular complexity index is 386. The predicted octanol–water partition coefficient (Wildman–Crippen LogP) is 0.503. The van der Waals surface area contributed by atoms with Gasteiger partial charge in [0.15, 0.2) is 0 Å². The monoisotopic (exact) mass is 280 g/mol. The van der Waals surface area contributed by atoms with Crippen LogP contribution in [-0.4, -0.2) is 43.0 Å². The molecule has 1 heterocycles. The minimum Gasteiger partial charge on any atom is -0.353 e. The van der Waals surface area contributed by atoms with Crippen molar-refractivity contribution in [3.05, 3.63) is 0 Å². The summed E-state index contributed by atoms with van der Waals surface area (Å²) in [7, 11) is -3.29. The second kappa shape index (κ2) is 5.12. The molecule has 7 heteroatoms. The Balaban J connectivity index is 1.79. The third kappa shape index (κ3) is 3.33. The van der Waals surface area contributed by atoms with E-state index in [1.165, 1.54) is 4.31 Å². The number of sulfonamides is 1. The number of halogens is 1. The number of hydrogen-bond donors (Lipinski definition) is 1. The highest BCUT2D eigenvalue weighted by atomic mass is 35.5. The summed E-state index contributed by atoms with van der Waals surface area (Å²) in [6.07, 6.45) is 3.33. The fourth-order valence-corrected chi connectivity index (χ4v) is 3.33. The number of piperidine rings is 1. The maximum atomic E-state index is 11.5. The number of nitrogens with zero attached hydrogens (tertiary/aromatic N) is 1. The molecule has 2 fully saturated rings. The Morgan fingerprint density at radius 3 is 2.29 bits per heavy atom. The average molecular weight is 281 g/mol. The van der Waals surface area contributed by atoms with Gasteiger partial charge in [0.05, 0.1) is 0 Å². The molecule has 2 aliphatic rings. The van der Waals surface area contributed by atoms with Gasteiger partial charge in [0.25, 0.3) is 0 Å². The second-order valence-corrected chi connectivity index (χ2v) is 7.23. The van der Waals surface area contributed by atoms with Crippen LogP contribution in [0.25, 0.3) is 0 Å². The normalized spacial score (nSPS) is 23.6. The van der Waals surface area contributed by atoms with Gasteiger partial charge in [0, 0.05) is 25.0 Å². The van der Waals surface area contributed by atoms with Crippen molar-refractivity contribution in [3.63, 3.8) is 0 Å². The topological polar surface area (TPSA) is 66.5 Å². The summed E-state index contributed by atoms with van der Waals surface area (Å²) in [6.45, 7) is 0.898. The van der Waals surface area contributed by atoms with E-state index in [1.54, 1.807) is 0 Å². The number of nitrogens with one attached hydrogen (secondary N) is 1. The van der Waals surface area contributed by atoms with Gasteiger partial charge in [-0.15, -0.1) is 11.6 Å². The van der Waals surface area contributed by atoms with Crippen LogP contribution in [0.5, 0.6) is 0 Å². The minimum absolute atomic E-state index is 0.116. The van der Waals surface area contributed by atoms with Crippen LogP contribution in [0.1, 0.15) is 25.7 Å². The fourth-order valence-electron chi connectivity index (χ4n) is 2.01. The van der Waals surface area contributed by atoms with E-state index in [1.807, 2.05) is 0 Å². The van der Waals surface area contributed by atoms with E-state index in [9.17, 15) is 13.2 Å². The highest BCUT2D eigenvalue weighted by molar-refractivity contribution is 7.90. The number of carbonyl (C=O) groups is 1. The third-order valence-corrected chi connectivity index (χ3v) is 5.53. The molecule has 0 spiro atoms. The molecule has 17 heavy (non-hydrogen) atoms. The molecule has 0 bridgehead atoms. The molecule has 98 valence electrons. The lowest BCUT2D eigenvalue weighted by molar-refractivity contribution is -0.123. The van der Waals surface area contributed by atoms with Crippen molar-refractivity contribution in [2.75, 3.05) is 18.3 Å². The zero-order valence-corrected chi connectivity index (χ0v) is 11.1. The van der Waals surface area contributed by atoms with E-state index in [4.69, 9.17) is 11.6 Å². The van der Waals surface area contributed by atoms with Crippen molar-refractivity contribution in [2.45, 2.75) is 31.7 Å². The van der Waals surface area contributed by atoms with Crippen LogP contribution < -0.4 is 5.32 Å². The van der Waals surface area contributed by atoms with E-state index in [0.717, 1.165) is 12.8 Å². The number of rotatable bonds is 4. The van der Waals surface area contributed by atoms with Gasteiger partial charge >= 0.3 is 0 Å². The van der Waals surface area contributed by atoms with Gasteiger partial charge in [-0.2, -0.15) is 0 Å². The van der Waals surface area contributed by atoms with Gasteiger partial charge in [-0.1, -0.05) is 0 Å². The van der Waals surface area contributed by atoms with Crippen molar-refractivity contribution in [1.29, 1.82) is 0 Å². The summed E-state index contributed by atoms with van der Waals surface area (Å²) < 4.78 is 24.4. The highest BCUT2D eigenvalue weighted by Crippen LogP contribution is 2.29. The Kier molecular flexibility index (Phi) is 3.95. The van der Waals surface area contributed by atoms with Gasteiger partial charge in [0.2, 0.25) is 15.9 Å². The Morgan fingerprint density at radius 1 is 1.24 bits per heavy atom. The molecule has 1 N–H and O–H groups in total. The summed E-state index contributed by atoms with van der Waals surface area (Å²) >= 11 is 5.40. The van der Waals surface area contributed by atoms with Gasteiger partial charge in [-0.3, -0.25) is 4.79 Å². The maximum Gasteiger partial charge on any atom is 0.228 e. The first-order valence-electron chi connectivity index (χ1n) is 5.87. The Labute approximate surface area is 107 Å². The number of amides is 1. The van der Waals surface area contributed by atoms with Crippen molar-refractivity contribution in [1.82, 2.24) is 9.62 Å². The van der Waals surface area contributed by atoms with Crippen molar-refractivity contribution < 1.29 is 13.2 Å². The van der Waals surface area contributed by atoms with E-state index in [2.05, 4.69) is 5.32 Å². The largest absolute Gasteiger partial charge is 0.353 e. The van der Waals surface area contributed by atoms with Crippen LogP contribution in [0.3, 0.4) is 0 Å². The number of alkyl halides is 1. The van der Waals surface area contributed by atoms with E-state index >= 15 is 0 Å². The smallest absolute Gasteiger partial charge is 0.228 e. The van der Waals surface area contributed by atoms with Gasteiger partial charge in [-0.25, -0.2) is 12.7 Å². The summed E-state index contributed by atoms with van der Waals surface area (Å²) in [5.74, 6) is 0.336. The third-order valence-electron chi connectivity index (χ3n) is 3.28. The lowest BCUT2D eigenvalue weighted by Crippen LogP contribution is -2.47. The van der Waals surface area contributed by atoms with Crippen LogP contribution in [0.2, 0.25) is 0 Å². The van der Waals surface area contributed by atoms with Crippen LogP contribution in [0.4, 0.5) is 0 Å². The van der Waals surface area contributed by atoms with Crippen LogP contribution >= 0.6 is 11.6 Å². The number of hydrogen-bond acceptors (Lipinski definition) is 3. The quantitative estimate of drug-likeness (QED) is 0.763. The lowest BCUT2D eigenvalue weighted by atomic mass is 10.1. The van der Waals surface area contributed by atoms with E-state index in [0.29, 0.717) is 25.9 Å². The van der Waals surface area contributed by atoms with E-state index in [-0.39, 0.29) is 23.1 Å². The summed E-state index contributed by atoms with van der Waals surface area (Å²) in [6, 6.07) is 0.116. The Hall–Kier alpha value is -0.330. The first-order valence-corrected chi connectivity index (χ1v) is 8.01. The minimum atomic E-state index is -3.29. The molecule has 0 radical (unpaired) electrons. The maximum absolute atomic E-state index is 11.5. The van der Waals surface area contributed by atoms with E-state index < -0.39 is 10.0 Å². The number of carbonyl (C=O) groups excluding carboxylic acids is 1. The zero-order valence-electron chi connectivity index (χ0n) is 9.56. The van der Waals surface area contributed by atoms with Crippen molar-refractivity contribution in [3.8, 4) is 0 Å². The first kappa shape index (κ1) is 13.1. The molecular weight excluding hydrogens is 264 g/mol. The molecule has 5 nitrogen and oxygen atoms in total. The SMILES string of the molecule is O=C(NC1CCN(S(=O)(=O)CCl)CC1)C1CC1. The molecule has 0 aromatic rings. The molecule has 1 saturated carbocycles. The molecule has 1 saturated heterocycles. The van der Waals surface area contributed by atoms with Gasteiger partial charge in [-0.05, 0) is 25.7 Å². The van der Waals surface area contributed by atoms with Crippen molar-refractivity contribution >= 4 is 27.5 Å². The molecule has 1 aliphatic heterocycles. The zero-order chi connectivity index (χ0) is 12.5. The molecule has 0 atom stereocenters. The fraction of sp³-hybridized carbons (Fsp3) is 0.900.